The third kappa shape index (κ3) is 5.03. The van der Waals surface area contributed by atoms with E-state index in [9.17, 15) is 13.2 Å². The quantitative estimate of drug-likeness (QED) is 0.745. The van der Waals surface area contributed by atoms with Crippen molar-refractivity contribution >= 4 is 21.6 Å². The Morgan fingerprint density at radius 1 is 1.33 bits per heavy atom. The highest BCUT2D eigenvalue weighted by atomic mass is 32.2. The van der Waals surface area contributed by atoms with Crippen LogP contribution in [-0.2, 0) is 14.8 Å². The number of nitrogens with one attached hydrogen (secondary N) is 2. The summed E-state index contributed by atoms with van der Waals surface area (Å²) in [6.07, 6.45) is 3.12. The average Bonchev–Trinajstić information content (AvgIpc) is 3.21. The molecule has 1 amide bonds. The zero-order chi connectivity index (χ0) is 19.3. The lowest BCUT2D eigenvalue weighted by Gasteiger charge is -2.12. The van der Waals surface area contributed by atoms with Gasteiger partial charge in [-0.3, -0.25) is 4.79 Å². The van der Waals surface area contributed by atoms with E-state index in [1.165, 1.54) is 31.5 Å². The zero-order valence-electron chi connectivity index (χ0n) is 14.8. The number of aromatic nitrogens is 1. The van der Waals surface area contributed by atoms with Crippen LogP contribution in [-0.4, -0.2) is 45.7 Å². The van der Waals surface area contributed by atoms with Gasteiger partial charge in [-0.05, 0) is 37.1 Å². The van der Waals surface area contributed by atoms with Crippen molar-refractivity contribution in [3.8, 4) is 5.88 Å². The predicted molar refractivity (Wildman–Crippen MR) is 99.3 cm³/mol. The summed E-state index contributed by atoms with van der Waals surface area (Å²) >= 11 is 0. The number of carbonyl (C=O) groups is 1. The second kappa shape index (κ2) is 8.47. The highest BCUT2D eigenvalue weighted by molar-refractivity contribution is 7.89. The number of benzene rings is 1. The molecule has 2 heterocycles. The molecule has 1 aromatic heterocycles. The van der Waals surface area contributed by atoms with Gasteiger partial charge in [0, 0.05) is 24.8 Å². The van der Waals surface area contributed by atoms with E-state index >= 15 is 0 Å². The number of rotatable bonds is 7. The molecule has 144 valence electrons. The first-order chi connectivity index (χ1) is 13.0. The molecule has 27 heavy (non-hydrogen) atoms. The van der Waals surface area contributed by atoms with Crippen molar-refractivity contribution in [3.05, 3.63) is 48.2 Å². The molecule has 2 aromatic rings. The first-order valence-corrected chi connectivity index (χ1v) is 9.99. The summed E-state index contributed by atoms with van der Waals surface area (Å²) in [6, 6.07) is 9.12. The minimum atomic E-state index is -3.72. The van der Waals surface area contributed by atoms with Crippen LogP contribution in [0.3, 0.4) is 0 Å². The van der Waals surface area contributed by atoms with E-state index in [1.807, 2.05) is 0 Å². The van der Waals surface area contributed by atoms with Crippen LogP contribution in [0.5, 0.6) is 5.88 Å². The topological polar surface area (TPSA) is 107 Å². The Balaban J connectivity index is 1.68. The molecule has 1 saturated heterocycles. The van der Waals surface area contributed by atoms with E-state index < -0.39 is 15.9 Å². The maximum absolute atomic E-state index is 12.5. The van der Waals surface area contributed by atoms with Crippen LogP contribution < -0.4 is 14.8 Å². The molecule has 1 unspecified atom stereocenters. The minimum Gasteiger partial charge on any atom is -0.481 e. The fourth-order valence-electron chi connectivity index (χ4n) is 2.67. The highest BCUT2D eigenvalue weighted by Gasteiger charge is 2.21. The molecule has 0 bridgehead atoms. The van der Waals surface area contributed by atoms with Crippen LogP contribution in [0.15, 0.2) is 47.5 Å². The molecule has 1 aliphatic heterocycles. The lowest BCUT2D eigenvalue weighted by Crippen LogP contribution is -2.32. The lowest BCUT2D eigenvalue weighted by atomic mass is 10.2. The van der Waals surface area contributed by atoms with Crippen LogP contribution in [0.4, 0.5) is 5.69 Å². The van der Waals surface area contributed by atoms with Crippen LogP contribution >= 0.6 is 0 Å². The zero-order valence-corrected chi connectivity index (χ0v) is 15.7. The van der Waals surface area contributed by atoms with Gasteiger partial charge >= 0.3 is 0 Å². The lowest BCUT2D eigenvalue weighted by molar-refractivity contribution is 0.102. The highest BCUT2D eigenvalue weighted by Crippen LogP contribution is 2.16. The van der Waals surface area contributed by atoms with Gasteiger partial charge in [-0.1, -0.05) is 6.07 Å². The second-order valence-corrected chi connectivity index (χ2v) is 7.83. The molecule has 3 rings (SSSR count). The number of anilines is 1. The molecular weight excluding hydrogens is 370 g/mol. The van der Waals surface area contributed by atoms with Crippen LogP contribution in [0.25, 0.3) is 0 Å². The molecule has 9 heteroatoms. The third-order valence-corrected chi connectivity index (χ3v) is 5.56. The standard InChI is InChI=1S/C18H21N3O5S/c1-25-17-8-7-14(11-19-17)21-18(22)13-4-2-6-16(10-13)27(23,24)20-12-15-5-3-9-26-15/h2,4,6-8,10-11,15,20H,3,5,9,12H2,1H3,(H,21,22). The number of hydrogen-bond donors (Lipinski definition) is 2. The average molecular weight is 391 g/mol. The Labute approximate surface area is 158 Å². The van der Waals surface area contributed by atoms with Gasteiger partial charge in [0.2, 0.25) is 15.9 Å². The molecule has 8 nitrogen and oxygen atoms in total. The molecular formula is C18H21N3O5S. The van der Waals surface area contributed by atoms with Crippen molar-refractivity contribution in [2.75, 3.05) is 25.6 Å². The van der Waals surface area contributed by atoms with Crippen molar-refractivity contribution in [3.63, 3.8) is 0 Å². The fraction of sp³-hybridized carbons (Fsp3) is 0.333. The summed E-state index contributed by atoms with van der Waals surface area (Å²) < 4.78 is 37.9. The van der Waals surface area contributed by atoms with Crippen molar-refractivity contribution in [1.82, 2.24) is 9.71 Å². The Morgan fingerprint density at radius 3 is 2.85 bits per heavy atom. The number of ether oxygens (including phenoxy) is 2. The first kappa shape index (κ1) is 19.3. The van der Waals surface area contributed by atoms with E-state index in [4.69, 9.17) is 9.47 Å². The van der Waals surface area contributed by atoms with Crippen molar-refractivity contribution in [2.45, 2.75) is 23.8 Å². The van der Waals surface area contributed by atoms with Gasteiger partial charge in [-0.2, -0.15) is 0 Å². The second-order valence-electron chi connectivity index (χ2n) is 6.06. The molecule has 0 saturated carbocycles. The summed E-state index contributed by atoms with van der Waals surface area (Å²) in [6.45, 7) is 0.874. The van der Waals surface area contributed by atoms with Gasteiger partial charge in [0.15, 0.2) is 0 Å². The molecule has 1 aromatic carbocycles. The number of nitrogens with zero attached hydrogens (tertiary/aromatic N) is 1. The van der Waals surface area contributed by atoms with E-state index in [1.54, 1.807) is 18.2 Å². The number of methoxy groups -OCH3 is 1. The van der Waals surface area contributed by atoms with E-state index in [-0.39, 0.29) is 23.1 Å². The van der Waals surface area contributed by atoms with Crippen molar-refractivity contribution in [2.24, 2.45) is 0 Å². The Hall–Kier alpha value is -2.49. The van der Waals surface area contributed by atoms with Gasteiger partial charge in [0.05, 0.1) is 30.0 Å². The SMILES string of the molecule is COc1ccc(NC(=O)c2cccc(S(=O)(=O)NCC3CCCO3)c2)cn1. The van der Waals surface area contributed by atoms with Gasteiger partial charge in [0.1, 0.15) is 0 Å². The molecule has 0 aliphatic carbocycles. The first-order valence-electron chi connectivity index (χ1n) is 8.51. The third-order valence-electron chi connectivity index (χ3n) is 4.13. The summed E-state index contributed by atoms with van der Waals surface area (Å²) in [4.78, 5) is 16.4. The molecule has 0 spiro atoms. The van der Waals surface area contributed by atoms with Crippen molar-refractivity contribution in [1.29, 1.82) is 0 Å². The van der Waals surface area contributed by atoms with E-state index in [0.717, 1.165) is 12.8 Å². The van der Waals surface area contributed by atoms with Crippen molar-refractivity contribution < 1.29 is 22.7 Å². The molecule has 0 radical (unpaired) electrons. The predicted octanol–water partition coefficient (Wildman–Crippen LogP) is 1.80. The van der Waals surface area contributed by atoms with Gasteiger partial charge in [0.25, 0.3) is 5.91 Å². The van der Waals surface area contributed by atoms with Crippen LogP contribution in [0, 0.1) is 0 Å². The number of amides is 1. The smallest absolute Gasteiger partial charge is 0.255 e. The van der Waals surface area contributed by atoms with Gasteiger partial charge < -0.3 is 14.8 Å². The summed E-state index contributed by atoms with van der Waals surface area (Å²) in [5, 5.41) is 2.67. The number of pyridine rings is 1. The van der Waals surface area contributed by atoms with Crippen LogP contribution in [0.1, 0.15) is 23.2 Å². The monoisotopic (exact) mass is 391 g/mol. The molecule has 2 N–H and O–H groups in total. The van der Waals surface area contributed by atoms with E-state index in [0.29, 0.717) is 18.2 Å². The molecule has 1 fully saturated rings. The maximum Gasteiger partial charge on any atom is 0.255 e. The van der Waals surface area contributed by atoms with E-state index in [2.05, 4.69) is 15.0 Å². The molecule has 1 atom stereocenters. The van der Waals surface area contributed by atoms with Gasteiger partial charge in [-0.15, -0.1) is 0 Å². The summed E-state index contributed by atoms with van der Waals surface area (Å²) in [5.41, 5.74) is 0.705. The fourth-order valence-corrected chi connectivity index (χ4v) is 3.79. The number of hydrogen-bond acceptors (Lipinski definition) is 6. The Morgan fingerprint density at radius 2 is 2.19 bits per heavy atom. The largest absolute Gasteiger partial charge is 0.481 e. The minimum absolute atomic E-state index is 0.0287. The maximum atomic E-state index is 12.5. The summed E-state index contributed by atoms with van der Waals surface area (Å²) in [5.74, 6) is -0.00319. The van der Waals surface area contributed by atoms with Crippen LogP contribution in [0.2, 0.25) is 0 Å². The molecule has 1 aliphatic rings. The Bertz CT molecular complexity index is 893. The van der Waals surface area contributed by atoms with Gasteiger partial charge in [-0.25, -0.2) is 18.1 Å². The number of sulfonamides is 1. The summed E-state index contributed by atoms with van der Waals surface area (Å²) in [7, 11) is -2.23. The number of carbonyl (C=O) groups excluding carboxylic acids is 1. The normalized spacial score (nSPS) is 16.9. The Kier molecular flexibility index (Phi) is 6.04.